The standard InChI is InChI=1S/C19H19Cl2NO4/c1-12-4-3-5-17(13(12)2)25-11-19(24)26-10-18(23)22-9-14-6-7-15(20)8-16(14)21/h3-8H,9-11H2,1-2H3,(H,22,23). The normalized spacial score (nSPS) is 10.3. The molecule has 0 aliphatic heterocycles. The molecule has 0 saturated heterocycles. The van der Waals surface area contributed by atoms with E-state index in [1.54, 1.807) is 24.3 Å². The largest absolute Gasteiger partial charge is 0.482 e. The number of amides is 1. The molecule has 7 heteroatoms. The van der Waals surface area contributed by atoms with Crippen LogP contribution in [0.3, 0.4) is 0 Å². The predicted octanol–water partition coefficient (Wildman–Crippen LogP) is 3.85. The van der Waals surface area contributed by atoms with Gasteiger partial charge >= 0.3 is 5.97 Å². The lowest BCUT2D eigenvalue weighted by Gasteiger charge is -2.11. The molecule has 1 amide bonds. The van der Waals surface area contributed by atoms with Gasteiger partial charge in [-0.05, 0) is 48.7 Å². The first kappa shape index (κ1) is 20.1. The summed E-state index contributed by atoms with van der Waals surface area (Å²) in [7, 11) is 0. The second-order valence-corrected chi connectivity index (χ2v) is 6.50. The van der Waals surface area contributed by atoms with E-state index in [9.17, 15) is 9.59 Å². The van der Waals surface area contributed by atoms with Gasteiger partial charge in [0.15, 0.2) is 13.2 Å². The average Bonchev–Trinajstić information content (AvgIpc) is 2.60. The molecule has 2 aromatic rings. The lowest BCUT2D eigenvalue weighted by atomic mass is 10.1. The molecule has 0 radical (unpaired) electrons. The molecule has 0 aliphatic rings. The number of aryl methyl sites for hydroxylation is 1. The first-order valence-corrected chi connectivity index (χ1v) is 8.67. The first-order valence-electron chi connectivity index (χ1n) is 7.92. The second-order valence-electron chi connectivity index (χ2n) is 5.66. The van der Waals surface area contributed by atoms with Crippen molar-refractivity contribution in [3.63, 3.8) is 0 Å². The number of esters is 1. The van der Waals surface area contributed by atoms with Crippen LogP contribution in [-0.2, 0) is 20.9 Å². The van der Waals surface area contributed by atoms with E-state index in [0.29, 0.717) is 21.4 Å². The number of rotatable bonds is 7. The minimum absolute atomic E-state index is 0.214. The molecule has 5 nitrogen and oxygen atoms in total. The minimum atomic E-state index is -0.620. The highest BCUT2D eigenvalue weighted by molar-refractivity contribution is 6.35. The molecule has 0 fully saturated rings. The predicted molar refractivity (Wildman–Crippen MR) is 101 cm³/mol. The van der Waals surface area contributed by atoms with Crippen LogP contribution in [0.4, 0.5) is 0 Å². The van der Waals surface area contributed by atoms with Gasteiger partial charge in [-0.25, -0.2) is 4.79 Å². The van der Waals surface area contributed by atoms with Gasteiger partial charge in [0.05, 0.1) is 0 Å². The van der Waals surface area contributed by atoms with Crippen molar-refractivity contribution in [1.82, 2.24) is 5.32 Å². The number of hydrogen-bond donors (Lipinski definition) is 1. The fraction of sp³-hybridized carbons (Fsp3) is 0.263. The molecule has 26 heavy (non-hydrogen) atoms. The van der Waals surface area contributed by atoms with Crippen molar-refractivity contribution in [2.75, 3.05) is 13.2 Å². The van der Waals surface area contributed by atoms with Crippen molar-refractivity contribution in [2.24, 2.45) is 0 Å². The molecule has 1 N–H and O–H groups in total. The summed E-state index contributed by atoms with van der Waals surface area (Å²) in [5.74, 6) is -0.439. The number of halogens is 2. The van der Waals surface area contributed by atoms with Crippen LogP contribution in [0.5, 0.6) is 5.75 Å². The molecule has 0 spiro atoms. The SMILES string of the molecule is Cc1cccc(OCC(=O)OCC(=O)NCc2ccc(Cl)cc2Cl)c1C. The zero-order valence-corrected chi connectivity index (χ0v) is 16.0. The zero-order valence-electron chi connectivity index (χ0n) is 14.5. The number of ether oxygens (including phenoxy) is 2. The molecule has 0 atom stereocenters. The lowest BCUT2D eigenvalue weighted by molar-refractivity contribution is -0.150. The Morgan fingerprint density at radius 1 is 1.08 bits per heavy atom. The third-order valence-corrected chi connectivity index (χ3v) is 4.34. The summed E-state index contributed by atoms with van der Waals surface area (Å²) in [6.07, 6.45) is 0. The Morgan fingerprint density at radius 3 is 2.58 bits per heavy atom. The molecular formula is C19H19Cl2NO4. The van der Waals surface area contributed by atoms with E-state index in [2.05, 4.69) is 5.32 Å². The maximum absolute atomic E-state index is 11.8. The molecule has 0 aliphatic carbocycles. The van der Waals surface area contributed by atoms with Gasteiger partial charge in [0.1, 0.15) is 5.75 Å². The molecule has 0 saturated carbocycles. The van der Waals surface area contributed by atoms with Crippen LogP contribution in [0, 0.1) is 13.8 Å². The quantitative estimate of drug-likeness (QED) is 0.723. The summed E-state index contributed by atoms with van der Waals surface area (Å²) in [4.78, 5) is 23.5. The highest BCUT2D eigenvalue weighted by Gasteiger charge is 2.10. The van der Waals surface area contributed by atoms with E-state index in [1.165, 1.54) is 0 Å². The third kappa shape index (κ3) is 5.93. The average molecular weight is 396 g/mol. The summed E-state index contributed by atoms with van der Waals surface area (Å²) in [6, 6.07) is 10.6. The van der Waals surface area contributed by atoms with Crippen molar-refractivity contribution in [3.05, 3.63) is 63.1 Å². The van der Waals surface area contributed by atoms with E-state index in [1.807, 2.05) is 26.0 Å². The summed E-state index contributed by atoms with van der Waals surface area (Å²) in [5.41, 5.74) is 2.74. The van der Waals surface area contributed by atoms with Gasteiger partial charge < -0.3 is 14.8 Å². The molecule has 0 aromatic heterocycles. The molecule has 138 valence electrons. The van der Waals surface area contributed by atoms with E-state index >= 15 is 0 Å². The van der Waals surface area contributed by atoms with Crippen LogP contribution >= 0.6 is 23.2 Å². The lowest BCUT2D eigenvalue weighted by Crippen LogP contribution is -2.29. The number of nitrogens with one attached hydrogen (secondary N) is 1. The Bertz CT molecular complexity index is 808. The van der Waals surface area contributed by atoms with Gasteiger partial charge in [-0.15, -0.1) is 0 Å². The van der Waals surface area contributed by atoms with Gasteiger partial charge in [0.25, 0.3) is 5.91 Å². The van der Waals surface area contributed by atoms with Gasteiger partial charge in [-0.2, -0.15) is 0 Å². The highest BCUT2D eigenvalue weighted by Crippen LogP contribution is 2.21. The summed E-state index contributed by atoms with van der Waals surface area (Å²) >= 11 is 11.8. The van der Waals surface area contributed by atoms with Crippen molar-refractivity contribution < 1.29 is 19.1 Å². The van der Waals surface area contributed by atoms with E-state index in [-0.39, 0.29) is 19.8 Å². The first-order chi connectivity index (χ1) is 12.4. The summed E-state index contributed by atoms with van der Waals surface area (Å²) < 4.78 is 10.3. The maximum Gasteiger partial charge on any atom is 0.344 e. The summed E-state index contributed by atoms with van der Waals surface area (Å²) in [6.45, 7) is 3.43. The van der Waals surface area contributed by atoms with Crippen LogP contribution in [0.2, 0.25) is 10.0 Å². The van der Waals surface area contributed by atoms with Crippen LogP contribution in [0.15, 0.2) is 36.4 Å². The van der Waals surface area contributed by atoms with E-state index in [0.717, 1.165) is 11.1 Å². The van der Waals surface area contributed by atoms with Crippen molar-refractivity contribution in [3.8, 4) is 5.75 Å². The van der Waals surface area contributed by atoms with Crippen LogP contribution < -0.4 is 10.1 Å². The Kier molecular flexibility index (Phi) is 7.30. The van der Waals surface area contributed by atoms with Gasteiger partial charge in [0, 0.05) is 16.6 Å². The Balaban J connectivity index is 1.73. The minimum Gasteiger partial charge on any atom is -0.482 e. The molecule has 0 unspecified atom stereocenters. The van der Waals surface area contributed by atoms with Gasteiger partial charge in [0.2, 0.25) is 0 Å². The maximum atomic E-state index is 11.8. The smallest absolute Gasteiger partial charge is 0.344 e. The Labute approximate surface area is 162 Å². The third-order valence-electron chi connectivity index (χ3n) is 3.76. The van der Waals surface area contributed by atoms with Gasteiger partial charge in [-0.1, -0.05) is 41.4 Å². The molecule has 0 bridgehead atoms. The number of carbonyl (C=O) groups is 2. The van der Waals surface area contributed by atoms with Crippen molar-refractivity contribution >= 4 is 35.1 Å². The number of benzene rings is 2. The fourth-order valence-electron chi connectivity index (χ4n) is 2.11. The van der Waals surface area contributed by atoms with Crippen LogP contribution in [-0.4, -0.2) is 25.1 Å². The fourth-order valence-corrected chi connectivity index (χ4v) is 2.59. The molecule has 0 heterocycles. The van der Waals surface area contributed by atoms with Gasteiger partial charge in [-0.3, -0.25) is 4.79 Å². The molecular weight excluding hydrogens is 377 g/mol. The molecule has 2 aromatic carbocycles. The highest BCUT2D eigenvalue weighted by atomic mass is 35.5. The summed E-state index contributed by atoms with van der Waals surface area (Å²) in [5, 5.41) is 3.59. The monoisotopic (exact) mass is 395 g/mol. The molecule has 2 rings (SSSR count). The second kappa shape index (κ2) is 9.46. The van der Waals surface area contributed by atoms with Crippen LogP contribution in [0.25, 0.3) is 0 Å². The Morgan fingerprint density at radius 2 is 1.85 bits per heavy atom. The zero-order chi connectivity index (χ0) is 19.1. The Hall–Kier alpha value is -2.24. The van der Waals surface area contributed by atoms with E-state index in [4.69, 9.17) is 32.7 Å². The number of carbonyl (C=O) groups excluding carboxylic acids is 2. The van der Waals surface area contributed by atoms with Crippen molar-refractivity contribution in [2.45, 2.75) is 20.4 Å². The van der Waals surface area contributed by atoms with E-state index < -0.39 is 11.9 Å². The van der Waals surface area contributed by atoms with Crippen molar-refractivity contribution in [1.29, 1.82) is 0 Å². The van der Waals surface area contributed by atoms with Crippen LogP contribution in [0.1, 0.15) is 16.7 Å². The number of hydrogen-bond acceptors (Lipinski definition) is 4. The topological polar surface area (TPSA) is 64.6 Å².